The number of aryl methyl sites for hydroxylation is 4. The molecule has 0 fully saturated rings. The lowest BCUT2D eigenvalue weighted by Gasteiger charge is -2.24. The molecule has 0 spiro atoms. The Morgan fingerprint density at radius 3 is 2.45 bits per heavy atom. The SMILES string of the molecule is CCN(CC)CCN(C(=O)c1cc(C)nn1CC)c1nc2c(C)cc(C)cc2s1. The third kappa shape index (κ3) is 4.51. The van der Waals surface area contributed by atoms with Crippen molar-refractivity contribution in [3.8, 4) is 0 Å². The molecule has 0 bridgehead atoms. The molecule has 29 heavy (non-hydrogen) atoms. The van der Waals surface area contributed by atoms with Crippen LogP contribution >= 0.6 is 11.3 Å². The van der Waals surface area contributed by atoms with Crippen LogP contribution < -0.4 is 4.90 Å². The molecule has 156 valence electrons. The average molecular weight is 414 g/mol. The highest BCUT2D eigenvalue weighted by Gasteiger charge is 2.25. The summed E-state index contributed by atoms with van der Waals surface area (Å²) in [6.45, 7) is 16.4. The maximum atomic E-state index is 13.6. The van der Waals surface area contributed by atoms with Gasteiger partial charge in [-0.25, -0.2) is 4.98 Å². The molecule has 0 unspecified atom stereocenters. The summed E-state index contributed by atoms with van der Waals surface area (Å²) in [5, 5.41) is 5.22. The minimum Gasteiger partial charge on any atom is -0.302 e. The number of benzene rings is 1. The Morgan fingerprint density at radius 2 is 1.79 bits per heavy atom. The van der Waals surface area contributed by atoms with E-state index in [2.05, 4.69) is 49.8 Å². The van der Waals surface area contributed by atoms with Crippen LogP contribution in [0.15, 0.2) is 18.2 Å². The second-order valence-corrected chi connectivity index (χ2v) is 8.40. The lowest BCUT2D eigenvalue weighted by Crippen LogP contribution is -2.39. The van der Waals surface area contributed by atoms with Crippen LogP contribution in [0.5, 0.6) is 0 Å². The van der Waals surface area contributed by atoms with Crippen LogP contribution in [0.4, 0.5) is 5.13 Å². The molecule has 0 aliphatic heterocycles. The van der Waals surface area contributed by atoms with E-state index in [0.717, 1.165) is 46.2 Å². The van der Waals surface area contributed by atoms with Gasteiger partial charge in [0, 0.05) is 19.6 Å². The molecular formula is C22H31N5OS. The van der Waals surface area contributed by atoms with Gasteiger partial charge in [-0.2, -0.15) is 5.10 Å². The summed E-state index contributed by atoms with van der Waals surface area (Å²) in [7, 11) is 0. The molecule has 3 aromatic rings. The minimum atomic E-state index is -0.0342. The summed E-state index contributed by atoms with van der Waals surface area (Å²) < 4.78 is 2.91. The maximum absolute atomic E-state index is 13.6. The van der Waals surface area contributed by atoms with Crippen LogP contribution in [0.25, 0.3) is 10.2 Å². The van der Waals surface area contributed by atoms with Crippen LogP contribution in [-0.2, 0) is 6.54 Å². The molecule has 0 aliphatic rings. The van der Waals surface area contributed by atoms with Gasteiger partial charge >= 0.3 is 0 Å². The highest BCUT2D eigenvalue weighted by molar-refractivity contribution is 7.22. The molecule has 1 aromatic carbocycles. The van der Waals surface area contributed by atoms with Crippen molar-refractivity contribution in [3.05, 3.63) is 40.7 Å². The number of fused-ring (bicyclic) bond motifs is 1. The highest BCUT2D eigenvalue weighted by atomic mass is 32.1. The number of aromatic nitrogens is 3. The van der Waals surface area contributed by atoms with E-state index >= 15 is 0 Å². The largest absolute Gasteiger partial charge is 0.302 e. The third-order valence-electron chi connectivity index (χ3n) is 5.25. The first-order valence-electron chi connectivity index (χ1n) is 10.3. The smallest absolute Gasteiger partial charge is 0.278 e. The average Bonchev–Trinajstić information content (AvgIpc) is 3.28. The van der Waals surface area contributed by atoms with Crippen molar-refractivity contribution >= 4 is 32.6 Å². The van der Waals surface area contributed by atoms with Gasteiger partial charge in [-0.15, -0.1) is 0 Å². The lowest BCUT2D eigenvalue weighted by molar-refractivity contribution is 0.0973. The van der Waals surface area contributed by atoms with E-state index in [0.29, 0.717) is 18.8 Å². The molecule has 2 aromatic heterocycles. The zero-order chi connectivity index (χ0) is 21.1. The second-order valence-electron chi connectivity index (χ2n) is 7.40. The van der Waals surface area contributed by atoms with Gasteiger partial charge in [0.1, 0.15) is 5.69 Å². The molecule has 6 nitrogen and oxygen atoms in total. The standard InChI is InChI=1S/C22H31N5OS/c1-7-25(8-2)10-11-26(21(28)18-14-17(6)24-27(18)9-3)22-23-20-16(5)12-15(4)13-19(20)29-22/h12-14H,7-11H2,1-6H3. The summed E-state index contributed by atoms with van der Waals surface area (Å²) in [5.74, 6) is -0.0342. The molecule has 1 amide bonds. The summed E-state index contributed by atoms with van der Waals surface area (Å²) in [6, 6.07) is 6.17. The zero-order valence-corrected chi connectivity index (χ0v) is 19.1. The van der Waals surface area contributed by atoms with Crippen molar-refractivity contribution in [2.75, 3.05) is 31.1 Å². The van der Waals surface area contributed by atoms with E-state index < -0.39 is 0 Å². The lowest BCUT2D eigenvalue weighted by atomic mass is 10.1. The molecule has 0 atom stereocenters. The fourth-order valence-corrected chi connectivity index (χ4v) is 4.80. The van der Waals surface area contributed by atoms with Crippen LogP contribution in [-0.4, -0.2) is 51.8 Å². The number of anilines is 1. The number of hydrogen-bond donors (Lipinski definition) is 0. The van der Waals surface area contributed by atoms with E-state index in [9.17, 15) is 4.79 Å². The van der Waals surface area contributed by atoms with E-state index in [1.165, 1.54) is 5.56 Å². The molecule has 0 aliphatic carbocycles. The Hall–Kier alpha value is -2.25. The fourth-order valence-electron chi connectivity index (χ4n) is 3.64. The topological polar surface area (TPSA) is 54.3 Å². The second kappa shape index (κ2) is 9.05. The number of carbonyl (C=O) groups excluding carboxylic acids is 1. The Balaban J connectivity index is 2.03. The zero-order valence-electron chi connectivity index (χ0n) is 18.3. The number of likely N-dealkylation sites (N-methyl/N-ethyl adjacent to an activating group) is 1. The van der Waals surface area contributed by atoms with E-state index in [1.54, 1.807) is 16.0 Å². The number of carbonyl (C=O) groups is 1. The predicted octanol–water partition coefficient (Wildman–Crippen LogP) is 4.43. The van der Waals surface area contributed by atoms with Gasteiger partial charge in [0.05, 0.1) is 15.9 Å². The Labute approximate surface area is 177 Å². The molecule has 7 heteroatoms. The summed E-state index contributed by atoms with van der Waals surface area (Å²) in [6.07, 6.45) is 0. The maximum Gasteiger partial charge on any atom is 0.278 e. The van der Waals surface area contributed by atoms with Crippen LogP contribution in [0.3, 0.4) is 0 Å². The third-order valence-corrected chi connectivity index (χ3v) is 6.28. The summed E-state index contributed by atoms with van der Waals surface area (Å²) >= 11 is 1.59. The molecule has 0 saturated heterocycles. The van der Waals surface area contributed by atoms with Crippen molar-refractivity contribution in [2.45, 2.75) is 48.1 Å². The van der Waals surface area contributed by atoms with Gasteiger partial charge in [0.2, 0.25) is 0 Å². The summed E-state index contributed by atoms with van der Waals surface area (Å²) in [4.78, 5) is 22.6. The number of rotatable bonds is 8. The van der Waals surface area contributed by atoms with Gasteiger partial charge in [-0.05, 0) is 64.0 Å². The minimum absolute atomic E-state index is 0.0342. The Bertz CT molecular complexity index is 1000. The Kier molecular flexibility index (Phi) is 6.70. The van der Waals surface area contributed by atoms with E-state index in [4.69, 9.17) is 4.98 Å². The molecule has 3 rings (SSSR count). The fraction of sp³-hybridized carbons (Fsp3) is 0.500. The van der Waals surface area contributed by atoms with Crippen LogP contribution in [0.1, 0.15) is 48.1 Å². The van der Waals surface area contributed by atoms with Crippen LogP contribution in [0.2, 0.25) is 0 Å². The molecule has 0 saturated carbocycles. The molecule has 0 radical (unpaired) electrons. The van der Waals surface area contributed by atoms with Crippen molar-refractivity contribution in [1.29, 1.82) is 0 Å². The first kappa shape index (κ1) is 21.5. The van der Waals surface area contributed by atoms with Crippen molar-refractivity contribution in [3.63, 3.8) is 0 Å². The van der Waals surface area contributed by atoms with Gasteiger partial charge in [0.25, 0.3) is 5.91 Å². The predicted molar refractivity (Wildman–Crippen MR) is 121 cm³/mol. The van der Waals surface area contributed by atoms with E-state index in [1.807, 2.05) is 24.8 Å². The Morgan fingerprint density at radius 1 is 1.07 bits per heavy atom. The number of nitrogens with zero attached hydrogens (tertiary/aromatic N) is 5. The highest BCUT2D eigenvalue weighted by Crippen LogP contribution is 2.32. The first-order chi connectivity index (χ1) is 13.9. The van der Waals surface area contributed by atoms with Crippen LogP contribution in [0, 0.1) is 20.8 Å². The van der Waals surface area contributed by atoms with Crippen molar-refractivity contribution < 1.29 is 4.79 Å². The van der Waals surface area contributed by atoms with Gasteiger partial charge < -0.3 is 4.90 Å². The van der Waals surface area contributed by atoms with Crippen molar-refractivity contribution in [1.82, 2.24) is 19.7 Å². The summed E-state index contributed by atoms with van der Waals surface area (Å²) in [5.41, 5.74) is 4.82. The van der Waals surface area contributed by atoms with E-state index in [-0.39, 0.29) is 5.91 Å². The quantitative estimate of drug-likeness (QED) is 0.548. The molecule has 2 heterocycles. The molecule has 0 N–H and O–H groups in total. The van der Waals surface area contributed by atoms with Crippen molar-refractivity contribution in [2.24, 2.45) is 0 Å². The number of amides is 1. The normalized spacial score (nSPS) is 11.6. The van der Waals surface area contributed by atoms with Gasteiger partial charge in [0.15, 0.2) is 5.13 Å². The number of hydrogen-bond acceptors (Lipinski definition) is 5. The van der Waals surface area contributed by atoms with Gasteiger partial charge in [-0.1, -0.05) is 31.3 Å². The monoisotopic (exact) mass is 413 g/mol. The first-order valence-corrected chi connectivity index (χ1v) is 11.2. The molecular weight excluding hydrogens is 382 g/mol. The number of thiazole rings is 1. The van der Waals surface area contributed by atoms with Gasteiger partial charge in [-0.3, -0.25) is 14.4 Å².